The largest absolute Gasteiger partial charge is 0.357 e. The fourth-order valence-corrected chi connectivity index (χ4v) is 4.49. The summed E-state index contributed by atoms with van der Waals surface area (Å²) < 4.78 is 0. The number of piperidine rings is 1. The first-order valence-electron chi connectivity index (χ1n) is 10.2. The van der Waals surface area contributed by atoms with Gasteiger partial charge in [0.2, 0.25) is 5.91 Å². The Kier molecular flexibility index (Phi) is 5.69. The maximum atomic E-state index is 12.7. The zero-order valence-corrected chi connectivity index (χ0v) is 17.7. The van der Waals surface area contributed by atoms with Crippen LogP contribution in [-0.2, 0) is 11.3 Å². The predicted octanol–water partition coefficient (Wildman–Crippen LogP) is 2.52. The number of carbonyl (C=O) groups is 2. The Morgan fingerprint density at radius 2 is 2.07 bits per heavy atom. The van der Waals surface area contributed by atoms with Gasteiger partial charge in [-0.15, -0.1) is 0 Å². The van der Waals surface area contributed by atoms with Crippen LogP contribution in [0.25, 0.3) is 10.9 Å². The first-order valence-corrected chi connectivity index (χ1v) is 10.5. The highest BCUT2D eigenvalue weighted by Crippen LogP contribution is 2.22. The summed E-state index contributed by atoms with van der Waals surface area (Å²) in [5, 5.41) is 4.70. The molecule has 7 nitrogen and oxygen atoms in total. The molecule has 1 aromatic heterocycles. The number of hydrogen-bond donors (Lipinski definition) is 2. The van der Waals surface area contributed by atoms with Gasteiger partial charge in [-0.1, -0.05) is 11.6 Å². The summed E-state index contributed by atoms with van der Waals surface area (Å²) in [6.45, 7) is 3.51. The number of urea groups is 1. The van der Waals surface area contributed by atoms with Gasteiger partial charge in [0.15, 0.2) is 0 Å². The molecular formula is C21H28ClN5O2. The summed E-state index contributed by atoms with van der Waals surface area (Å²) in [6, 6.07) is 7.60. The first-order chi connectivity index (χ1) is 13.9. The van der Waals surface area contributed by atoms with E-state index in [1.807, 2.05) is 43.3 Å². The third-order valence-electron chi connectivity index (χ3n) is 6.06. The van der Waals surface area contributed by atoms with E-state index in [2.05, 4.69) is 15.2 Å². The van der Waals surface area contributed by atoms with E-state index in [0.29, 0.717) is 18.1 Å². The Morgan fingerprint density at radius 3 is 2.83 bits per heavy atom. The molecule has 0 bridgehead atoms. The van der Waals surface area contributed by atoms with Crippen LogP contribution in [0.4, 0.5) is 4.79 Å². The van der Waals surface area contributed by atoms with Gasteiger partial charge in [0.25, 0.3) is 0 Å². The third-order valence-corrected chi connectivity index (χ3v) is 6.29. The molecule has 2 saturated heterocycles. The van der Waals surface area contributed by atoms with Crippen molar-refractivity contribution < 1.29 is 9.59 Å². The second kappa shape index (κ2) is 8.24. The molecule has 3 amide bonds. The van der Waals surface area contributed by atoms with Crippen LogP contribution in [0, 0.1) is 5.92 Å². The van der Waals surface area contributed by atoms with Gasteiger partial charge in [-0.2, -0.15) is 0 Å². The molecule has 0 radical (unpaired) electrons. The van der Waals surface area contributed by atoms with Crippen LogP contribution < -0.4 is 5.32 Å². The quantitative estimate of drug-likeness (QED) is 0.802. The Hall–Kier alpha value is -2.25. The molecule has 1 atom stereocenters. The van der Waals surface area contributed by atoms with E-state index in [0.717, 1.165) is 49.1 Å². The zero-order valence-electron chi connectivity index (χ0n) is 16.9. The number of hydrogen-bond acceptors (Lipinski definition) is 3. The second-order valence-corrected chi connectivity index (χ2v) is 8.73. The van der Waals surface area contributed by atoms with Gasteiger partial charge in [0, 0.05) is 54.8 Å². The predicted molar refractivity (Wildman–Crippen MR) is 114 cm³/mol. The van der Waals surface area contributed by atoms with Crippen molar-refractivity contribution in [1.82, 2.24) is 25.0 Å². The third kappa shape index (κ3) is 4.36. The molecule has 1 aromatic carbocycles. The number of H-pyrrole nitrogens is 1. The molecule has 29 heavy (non-hydrogen) atoms. The Balaban J connectivity index is 1.31. The van der Waals surface area contributed by atoms with Gasteiger partial charge in [-0.3, -0.25) is 4.79 Å². The normalized spacial score (nSPS) is 20.5. The Bertz CT molecular complexity index is 908. The van der Waals surface area contributed by atoms with E-state index in [4.69, 9.17) is 11.6 Å². The van der Waals surface area contributed by atoms with Crippen LogP contribution in [0.15, 0.2) is 24.3 Å². The smallest absolute Gasteiger partial charge is 0.317 e. The highest BCUT2D eigenvalue weighted by atomic mass is 35.5. The van der Waals surface area contributed by atoms with Crippen LogP contribution in [0.3, 0.4) is 0 Å². The van der Waals surface area contributed by atoms with Crippen molar-refractivity contribution in [2.75, 3.05) is 40.3 Å². The molecule has 4 rings (SSSR count). The lowest BCUT2D eigenvalue weighted by atomic mass is 9.96. The van der Waals surface area contributed by atoms with E-state index in [9.17, 15) is 9.59 Å². The maximum Gasteiger partial charge on any atom is 0.317 e. The van der Waals surface area contributed by atoms with Crippen molar-refractivity contribution in [1.29, 1.82) is 0 Å². The van der Waals surface area contributed by atoms with Crippen LogP contribution in [0.5, 0.6) is 0 Å². The standard InChI is InChI=1S/C21H28ClN5O2/c1-25-11-15(12-25)20(28)27-7-3-4-18(13-27)26(2)21(29)23-10-17-9-14-8-16(22)5-6-19(14)24-17/h5-6,8-9,15,18,24H,3-4,7,10-13H2,1-2H3,(H,23,29). The van der Waals surface area contributed by atoms with Crippen molar-refractivity contribution in [3.8, 4) is 0 Å². The molecule has 156 valence electrons. The number of aromatic amines is 1. The minimum atomic E-state index is -0.121. The van der Waals surface area contributed by atoms with Gasteiger partial charge in [0.05, 0.1) is 18.5 Å². The van der Waals surface area contributed by atoms with Crippen molar-refractivity contribution in [2.24, 2.45) is 5.92 Å². The van der Waals surface area contributed by atoms with E-state index >= 15 is 0 Å². The van der Waals surface area contributed by atoms with Crippen LogP contribution in [0.1, 0.15) is 18.5 Å². The molecule has 3 heterocycles. The summed E-state index contributed by atoms with van der Waals surface area (Å²) in [7, 11) is 3.85. The molecule has 0 saturated carbocycles. The van der Waals surface area contributed by atoms with Crippen LogP contribution in [0.2, 0.25) is 5.02 Å². The van der Waals surface area contributed by atoms with Crippen LogP contribution in [-0.4, -0.2) is 77.9 Å². The molecule has 2 aromatic rings. The summed E-state index contributed by atoms with van der Waals surface area (Å²) in [5.74, 6) is 0.353. The van der Waals surface area contributed by atoms with Crippen molar-refractivity contribution in [3.63, 3.8) is 0 Å². The molecule has 2 aliphatic heterocycles. The average Bonchev–Trinajstić information content (AvgIpc) is 3.10. The Labute approximate surface area is 176 Å². The van der Waals surface area contributed by atoms with E-state index in [1.54, 1.807) is 4.90 Å². The van der Waals surface area contributed by atoms with E-state index < -0.39 is 0 Å². The number of likely N-dealkylation sites (tertiary alicyclic amines) is 2. The maximum absolute atomic E-state index is 12.7. The number of fused-ring (bicyclic) bond motifs is 1. The highest BCUT2D eigenvalue weighted by Gasteiger charge is 2.36. The van der Waals surface area contributed by atoms with Gasteiger partial charge in [-0.25, -0.2) is 4.79 Å². The number of halogens is 1. The number of carbonyl (C=O) groups excluding carboxylic acids is 2. The second-order valence-electron chi connectivity index (χ2n) is 8.29. The number of rotatable bonds is 4. The molecule has 2 N–H and O–H groups in total. The van der Waals surface area contributed by atoms with Crippen molar-refractivity contribution in [3.05, 3.63) is 35.0 Å². The average molecular weight is 418 g/mol. The summed E-state index contributed by atoms with van der Waals surface area (Å²) in [5.41, 5.74) is 1.92. The first kappa shape index (κ1) is 20.0. The monoisotopic (exact) mass is 417 g/mol. The number of nitrogens with one attached hydrogen (secondary N) is 2. The SMILES string of the molecule is CN1CC(C(=O)N2CCCC(N(C)C(=O)NCc3cc4cc(Cl)ccc4[nH]3)C2)C1. The summed E-state index contributed by atoms with van der Waals surface area (Å²) in [4.78, 5) is 34.5. The molecule has 2 fully saturated rings. The summed E-state index contributed by atoms with van der Waals surface area (Å²) >= 11 is 6.04. The topological polar surface area (TPSA) is 71.7 Å². The molecule has 1 unspecified atom stereocenters. The molecular weight excluding hydrogens is 390 g/mol. The molecule has 0 spiro atoms. The fraction of sp³-hybridized carbons (Fsp3) is 0.524. The lowest BCUT2D eigenvalue weighted by Gasteiger charge is -2.42. The van der Waals surface area contributed by atoms with Gasteiger partial charge in [0.1, 0.15) is 0 Å². The number of likely N-dealkylation sites (N-methyl/N-ethyl adjacent to an activating group) is 1. The van der Waals surface area contributed by atoms with Crippen molar-refractivity contribution >= 4 is 34.4 Å². The van der Waals surface area contributed by atoms with Gasteiger partial charge in [-0.05, 0) is 44.2 Å². The summed E-state index contributed by atoms with van der Waals surface area (Å²) in [6.07, 6.45) is 1.85. The highest BCUT2D eigenvalue weighted by molar-refractivity contribution is 6.31. The van der Waals surface area contributed by atoms with E-state index in [-0.39, 0.29) is 23.9 Å². The van der Waals surface area contributed by atoms with E-state index in [1.165, 1.54) is 0 Å². The zero-order chi connectivity index (χ0) is 20.5. The lowest BCUT2D eigenvalue weighted by Crippen LogP contribution is -2.57. The number of amides is 3. The Morgan fingerprint density at radius 1 is 1.28 bits per heavy atom. The minimum Gasteiger partial charge on any atom is -0.357 e. The lowest BCUT2D eigenvalue weighted by molar-refractivity contribution is -0.142. The fourth-order valence-electron chi connectivity index (χ4n) is 4.30. The molecule has 8 heteroatoms. The number of aromatic nitrogens is 1. The molecule has 2 aliphatic rings. The molecule has 0 aliphatic carbocycles. The van der Waals surface area contributed by atoms with Gasteiger partial charge >= 0.3 is 6.03 Å². The van der Waals surface area contributed by atoms with Crippen LogP contribution >= 0.6 is 11.6 Å². The number of nitrogens with zero attached hydrogens (tertiary/aromatic N) is 3. The van der Waals surface area contributed by atoms with Gasteiger partial charge < -0.3 is 25.0 Å². The van der Waals surface area contributed by atoms with Crippen molar-refractivity contribution in [2.45, 2.75) is 25.4 Å². The minimum absolute atomic E-state index is 0.0482. The number of benzene rings is 1.